The third-order valence-electron chi connectivity index (χ3n) is 4.56. The molecule has 4 nitrogen and oxygen atoms in total. The normalized spacial score (nSPS) is 24.1. The molecule has 0 unspecified atom stereocenters. The number of nitriles is 2. The third kappa shape index (κ3) is 3.72. The number of hydrogen-bond acceptors (Lipinski definition) is 4. The van der Waals surface area contributed by atoms with Gasteiger partial charge in [0.1, 0.15) is 5.41 Å². The van der Waals surface area contributed by atoms with Gasteiger partial charge in [-0.25, -0.2) is 0 Å². The van der Waals surface area contributed by atoms with Crippen LogP contribution in [0, 0.1) is 39.9 Å². The Bertz CT molecular complexity index is 374. The predicted octanol–water partition coefficient (Wildman–Crippen LogP) is 2.05. The lowest BCUT2D eigenvalue weighted by molar-refractivity contribution is 0.0818. The van der Waals surface area contributed by atoms with Gasteiger partial charge in [-0.05, 0) is 37.6 Å². The Morgan fingerprint density at radius 1 is 1.10 bits per heavy atom. The van der Waals surface area contributed by atoms with E-state index >= 15 is 0 Å². The summed E-state index contributed by atoms with van der Waals surface area (Å²) in [6.07, 6.45) is 2.67. The summed E-state index contributed by atoms with van der Waals surface area (Å²) >= 11 is 0. The molecule has 2 aliphatic heterocycles. The Hall–Kier alpha value is -1.10. The number of piperidine rings is 1. The lowest BCUT2D eigenvalue weighted by Gasteiger charge is -2.41. The Morgan fingerprint density at radius 2 is 1.70 bits per heavy atom. The van der Waals surface area contributed by atoms with E-state index in [1.165, 1.54) is 25.4 Å². The van der Waals surface area contributed by atoms with Crippen molar-refractivity contribution in [2.75, 3.05) is 39.3 Å². The van der Waals surface area contributed by atoms with Crippen LogP contribution in [0.15, 0.2) is 0 Å². The van der Waals surface area contributed by atoms with Gasteiger partial charge in [-0.3, -0.25) is 0 Å². The largest absolute Gasteiger partial charge is 0.303 e. The maximum Gasteiger partial charge on any atom is 0.146 e. The summed E-state index contributed by atoms with van der Waals surface area (Å²) in [6.45, 7) is 10.9. The molecule has 4 heteroatoms. The lowest BCUT2D eigenvalue weighted by atomic mass is 9.81. The first kappa shape index (κ1) is 15.3. The van der Waals surface area contributed by atoms with Crippen molar-refractivity contribution < 1.29 is 0 Å². The molecule has 0 amide bonds. The molecule has 109 valence electrons. The van der Waals surface area contributed by atoms with Crippen LogP contribution in [0.1, 0.15) is 33.1 Å². The van der Waals surface area contributed by atoms with Crippen LogP contribution in [-0.4, -0.2) is 49.1 Å². The van der Waals surface area contributed by atoms with E-state index in [9.17, 15) is 0 Å². The molecule has 2 fully saturated rings. The fourth-order valence-corrected chi connectivity index (χ4v) is 3.21. The summed E-state index contributed by atoms with van der Waals surface area (Å²) < 4.78 is 0. The van der Waals surface area contributed by atoms with Crippen molar-refractivity contribution in [2.24, 2.45) is 11.3 Å². The maximum absolute atomic E-state index is 9.10. The van der Waals surface area contributed by atoms with Gasteiger partial charge in [0.15, 0.2) is 0 Å². The maximum atomic E-state index is 9.10. The number of hydrogen-bond donors (Lipinski definition) is 0. The zero-order chi connectivity index (χ0) is 14.6. The van der Waals surface area contributed by atoms with E-state index in [1.807, 2.05) is 0 Å². The fraction of sp³-hybridized carbons (Fsp3) is 0.812. The van der Waals surface area contributed by atoms with Gasteiger partial charge in [0.05, 0.1) is 12.1 Å². The van der Waals surface area contributed by atoms with Gasteiger partial charge in [0.2, 0.25) is 0 Å². The molecular weight excluding hydrogens is 248 g/mol. The highest BCUT2D eigenvalue weighted by atomic mass is 15.2. The smallest absolute Gasteiger partial charge is 0.146 e. The minimum Gasteiger partial charge on any atom is -0.303 e. The molecule has 2 heterocycles. The van der Waals surface area contributed by atoms with E-state index < -0.39 is 5.41 Å². The first-order valence-corrected chi connectivity index (χ1v) is 7.63. The summed E-state index contributed by atoms with van der Waals surface area (Å²) in [7, 11) is 0. The Labute approximate surface area is 123 Å². The lowest BCUT2D eigenvalue weighted by Crippen LogP contribution is -2.49. The van der Waals surface area contributed by atoms with Crippen LogP contribution < -0.4 is 0 Å². The minimum absolute atomic E-state index is 0.709. The number of nitrogens with zero attached hydrogens (tertiary/aromatic N) is 4. The van der Waals surface area contributed by atoms with Crippen molar-refractivity contribution >= 4 is 0 Å². The SMILES string of the molecule is C[C](C)CN1CC(CCN2CCC(C#N)(C#N)CC2)C1. The van der Waals surface area contributed by atoms with Gasteiger partial charge in [-0.1, -0.05) is 13.8 Å². The van der Waals surface area contributed by atoms with Crippen LogP contribution >= 0.6 is 0 Å². The second kappa shape index (κ2) is 6.57. The molecule has 2 rings (SSSR count). The average molecular weight is 273 g/mol. The van der Waals surface area contributed by atoms with Gasteiger partial charge < -0.3 is 9.80 Å². The molecule has 0 bridgehead atoms. The molecule has 2 saturated heterocycles. The second-order valence-corrected chi connectivity index (χ2v) is 6.70. The molecule has 0 aromatic carbocycles. The minimum atomic E-state index is -0.710. The summed E-state index contributed by atoms with van der Waals surface area (Å²) in [5.74, 6) is 2.33. The Kier molecular flexibility index (Phi) is 5.02. The zero-order valence-corrected chi connectivity index (χ0v) is 12.7. The molecular formula is C16H25N4. The monoisotopic (exact) mass is 273 g/mol. The second-order valence-electron chi connectivity index (χ2n) is 6.70. The van der Waals surface area contributed by atoms with Crippen LogP contribution in [0.5, 0.6) is 0 Å². The third-order valence-corrected chi connectivity index (χ3v) is 4.56. The topological polar surface area (TPSA) is 54.1 Å². The number of likely N-dealkylation sites (tertiary alicyclic amines) is 2. The van der Waals surface area contributed by atoms with Crippen molar-refractivity contribution in [1.29, 1.82) is 10.5 Å². The molecule has 0 spiro atoms. The van der Waals surface area contributed by atoms with Gasteiger partial charge in [-0.15, -0.1) is 0 Å². The molecule has 0 saturated carbocycles. The van der Waals surface area contributed by atoms with Gasteiger partial charge in [-0.2, -0.15) is 10.5 Å². The predicted molar refractivity (Wildman–Crippen MR) is 78.5 cm³/mol. The quantitative estimate of drug-likeness (QED) is 0.769. The molecule has 0 aliphatic carbocycles. The van der Waals surface area contributed by atoms with Gasteiger partial charge in [0.25, 0.3) is 0 Å². The van der Waals surface area contributed by atoms with Crippen LogP contribution in [0.2, 0.25) is 0 Å². The first-order chi connectivity index (χ1) is 9.57. The first-order valence-electron chi connectivity index (χ1n) is 7.63. The highest BCUT2D eigenvalue weighted by molar-refractivity contribution is 5.15. The average Bonchev–Trinajstić information content (AvgIpc) is 2.41. The van der Waals surface area contributed by atoms with E-state index in [0.29, 0.717) is 12.8 Å². The fourth-order valence-electron chi connectivity index (χ4n) is 3.21. The number of rotatable bonds is 5. The highest BCUT2D eigenvalue weighted by Gasteiger charge is 2.35. The Balaban J connectivity index is 1.61. The van der Waals surface area contributed by atoms with Crippen molar-refractivity contribution in [3.8, 4) is 12.1 Å². The van der Waals surface area contributed by atoms with Gasteiger partial charge >= 0.3 is 0 Å². The highest BCUT2D eigenvalue weighted by Crippen LogP contribution is 2.30. The summed E-state index contributed by atoms with van der Waals surface area (Å²) in [4.78, 5) is 4.93. The molecule has 20 heavy (non-hydrogen) atoms. The Morgan fingerprint density at radius 3 is 2.20 bits per heavy atom. The summed E-state index contributed by atoms with van der Waals surface area (Å²) in [5, 5.41) is 18.2. The van der Waals surface area contributed by atoms with Crippen molar-refractivity contribution in [2.45, 2.75) is 33.1 Å². The van der Waals surface area contributed by atoms with E-state index in [0.717, 1.165) is 32.1 Å². The molecule has 0 aromatic heterocycles. The standard InChI is InChI=1S/C16H25N4/c1-14(2)9-20-10-15(11-20)3-6-19-7-4-16(12-17,13-18)5-8-19/h15H,3-11H2,1-2H3. The van der Waals surface area contributed by atoms with Crippen LogP contribution in [0.4, 0.5) is 0 Å². The molecule has 0 N–H and O–H groups in total. The molecule has 0 atom stereocenters. The van der Waals surface area contributed by atoms with E-state index in [4.69, 9.17) is 10.5 Å². The van der Waals surface area contributed by atoms with E-state index in [1.54, 1.807) is 0 Å². The van der Waals surface area contributed by atoms with Crippen LogP contribution in [0.25, 0.3) is 0 Å². The molecule has 1 radical (unpaired) electrons. The zero-order valence-electron chi connectivity index (χ0n) is 12.7. The van der Waals surface area contributed by atoms with Crippen molar-refractivity contribution in [3.05, 3.63) is 5.92 Å². The van der Waals surface area contributed by atoms with Crippen LogP contribution in [-0.2, 0) is 0 Å². The summed E-state index contributed by atoms with van der Waals surface area (Å²) in [6, 6.07) is 4.40. The van der Waals surface area contributed by atoms with Crippen molar-refractivity contribution in [1.82, 2.24) is 9.80 Å². The van der Waals surface area contributed by atoms with Crippen LogP contribution in [0.3, 0.4) is 0 Å². The molecule has 2 aliphatic rings. The van der Waals surface area contributed by atoms with E-state index in [2.05, 4.69) is 35.8 Å². The molecule has 0 aromatic rings. The summed E-state index contributed by atoms with van der Waals surface area (Å²) in [5.41, 5.74) is -0.710. The van der Waals surface area contributed by atoms with Crippen molar-refractivity contribution in [3.63, 3.8) is 0 Å². The van der Waals surface area contributed by atoms with E-state index in [-0.39, 0.29) is 0 Å². The van der Waals surface area contributed by atoms with Gasteiger partial charge in [0, 0.05) is 32.7 Å².